The van der Waals surface area contributed by atoms with E-state index in [0.29, 0.717) is 35.6 Å². The molecule has 4 aromatic rings. The van der Waals surface area contributed by atoms with E-state index in [1.165, 1.54) is 6.07 Å². The second-order valence-electron chi connectivity index (χ2n) is 9.35. The van der Waals surface area contributed by atoms with Gasteiger partial charge in [0.1, 0.15) is 10.6 Å². The van der Waals surface area contributed by atoms with Crippen molar-refractivity contribution in [3.05, 3.63) is 96.4 Å². The maximum Gasteiger partial charge on any atom is 0.272 e. The van der Waals surface area contributed by atoms with Gasteiger partial charge in [-0.15, -0.1) is 0 Å². The van der Waals surface area contributed by atoms with Crippen molar-refractivity contribution >= 4 is 38.4 Å². The first-order valence-corrected chi connectivity index (χ1v) is 13.7. The summed E-state index contributed by atoms with van der Waals surface area (Å²) in [6, 6.07) is 19.7. The molecule has 0 bridgehead atoms. The SMILES string of the molecule is C[C@@H]1CN(C(=O)c2ccccn2)C[C@H](C)N1C(=O)c1ccc(NS(=O)(=O)c2cccc3cccnc23)cc1. The molecule has 0 saturated carbocycles. The molecule has 2 atom stereocenters. The van der Waals surface area contributed by atoms with Crippen LogP contribution in [0.3, 0.4) is 0 Å². The fourth-order valence-electron chi connectivity index (χ4n) is 4.87. The van der Waals surface area contributed by atoms with Gasteiger partial charge in [-0.1, -0.05) is 24.3 Å². The van der Waals surface area contributed by atoms with Crippen LogP contribution in [0.1, 0.15) is 34.7 Å². The highest BCUT2D eigenvalue weighted by atomic mass is 32.2. The number of carbonyl (C=O) groups is 2. The van der Waals surface area contributed by atoms with Gasteiger partial charge >= 0.3 is 0 Å². The Morgan fingerprint density at radius 3 is 2.18 bits per heavy atom. The summed E-state index contributed by atoms with van der Waals surface area (Å²) in [5, 5.41) is 0.724. The summed E-state index contributed by atoms with van der Waals surface area (Å²) in [6.45, 7) is 4.60. The summed E-state index contributed by atoms with van der Waals surface area (Å²) in [4.78, 5) is 38.2. The number of nitrogens with one attached hydrogen (secondary N) is 1. The topological polar surface area (TPSA) is 113 Å². The van der Waals surface area contributed by atoms with Gasteiger partial charge in [0.25, 0.3) is 21.8 Å². The average molecular weight is 530 g/mol. The van der Waals surface area contributed by atoms with Crippen LogP contribution in [0.5, 0.6) is 0 Å². The van der Waals surface area contributed by atoms with E-state index in [1.807, 2.05) is 13.8 Å². The zero-order chi connectivity index (χ0) is 26.9. The van der Waals surface area contributed by atoms with Gasteiger partial charge in [-0.3, -0.25) is 24.3 Å². The fourth-order valence-corrected chi connectivity index (χ4v) is 6.11. The molecule has 1 N–H and O–H groups in total. The highest BCUT2D eigenvalue weighted by Gasteiger charge is 2.35. The number of aromatic nitrogens is 2. The van der Waals surface area contributed by atoms with Gasteiger partial charge in [-0.2, -0.15) is 0 Å². The summed E-state index contributed by atoms with van der Waals surface area (Å²) in [7, 11) is -3.90. The number of pyridine rings is 2. The van der Waals surface area contributed by atoms with Gasteiger partial charge in [0.05, 0.1) is 5.52 Å². The van der Waals surface area contributed by atoms with Crippen LogP contribution in [0, 0.1) is 0 Å². The van der Waals surface area contributed by atoms with Crippen molar-refractivity contribution in [3.8, 4) is 0 Å². The Morgan fingerprint density at radius 1 is 0.816 bits per heavy atom. The number of rotatable bonds is 5. The number of amides is 2. The molecule has 10 heteroatoms. The summed E-state index contributed by atoms with van der Waals surface area (Å²) < 4.78 is 28.8. The van der Waals surface area contributed by atoms with E-state index in [4.69, 9.17) is 0 Å². The quantitative estimate of drug-likeness (QED) is 0.421. The largest absolute Gasteiger partial charge is 0.333 e. The number of nitrogens with zero attached hydrogens (tertiary/aromatic N) is 4. The van der Waals surface area contributed by atoms with Crippen LogP contribution in [0.15, 0.2) is 90.1 Å². The van der Waals surface area contributed by atoms with Gasteiger partial charge in [0.2, 0.25) is 0 Å². The monoisotopic (exact) mass is 529 g/mol. The predicted molar refractivity (Wildman–Crippen MR) is 144 cm³/mol. The first-order valence-electron chi connectivity index (χ1n) is 12.2. The first kappa shape index (κ1) is 25.3. The number of piperazine rings is 1. The Bertz CT molecular complexity index is 1580. The second kappa shape index (κ2) is 10.2. The van der Waals surface area contributed by atoms with Gasteiger partial charge in [0, 0.05) is 54.2 Å². The standard InChI is InChI=1S/C28H27N5O4S/c1-19-17-32(28(35)24-9-3-4-15-29-24)18-20(2)33(19)27(34)22-11-13-23(14-12-22)31-38(36,37)25-10-5-7-21-8-6-16-30-26(21)25/h3-16,19-20,31H,17-18H2,1-2H3/t19-,20+. The zero-order valence-electron chi connectivity index (χ0n) is 21.0. The third kappa shape index (κ3) is 4.95. The van der Waals surface area contributed by atoms with Crippen molar-refractivity contribution in [2.75, 3.05) is 17.8 Å². The maximum absolute atomic E-state index is 13.4. The lowest BCUT2D eigenvalue weighted by atomic mass is 10.0. The minimum atomic E-state index is -3.90. The number of para-hydroxylation sites is 1. The number of fused-ring (bicyclic) bond motifs is 1. The molecule has 3 heterocycles. The van der Waals surface area contributed by atoms with Crippen LogP contribution in [0.2, 0.25) is 0 Å². The van der Waals surface area contributed by atoms with E-state index in [0.717, 1.165) is 5.39 Å². The van der Waals surface area contributed by atoms with E-state index >= 15 is 0 Å². The summed E-state index contributed by atoms with van der Waals surface area (Å²) in [5.74, 6) is -0.336. The lowest BCUT2D eigenvalue weighted by molar-refractivity contribution is 0.0252. The normalized spacial score (nSPS) is 17.8. The van der Waals surface area contributed by atoms with Crippen molar-refractivity contribution in [1.29, 1.82) is 0 Å². The molecular weight excluding hydrogens is 502 g/mol. The lowest BCUT2D eigenvalue weighted by Gasteiger charge is -2.44. The summed E-state index contributed by atoms with van der Waals surface area (Å²) in [5.41, 5.74) is 1.53. The summed E-state index contributed by atoms with van der Waals surface area (Å²) in [6.07, 6.45) is 3.14. The molecule has 38 heavy (non-hydrogen) atoms. The molecule has 0 spiro atoms. The molecule has 0 unspecified atom stereocenters. The number of sulfonamides is 1. The fraction of sp³-hybridized carbons (Fsp3) is 0.214. The molecule has 194 valence electrons. The van der Waals surface area contributed by atoms with Crippen molar-refractivity contribution in [2.45, 2.75) is 30.8 Å². The molecule has 0 aliphatic carbocycles. The van der Waals surface area contributed by atoms with E-state index in [1.54, 1.807) is 88.9 Å². The summed E-state index contributed by atoms with van der Waals surface area (Å²) >= 11 is 0. The van der Waals surface area contributed by atoms with Crippen molar-refractivity contribution < 1.29 is 18.0 Å². The lowest BCUT2D eigenvalue weighted by Crippen LogP contribution is -2.59. The minimum Gasteiger partial charge on any atom is -0.333 e. The predicted octanol–water partition coefficient (Wildman–Crippen LogP) is 3.81. The third-order valence-electron chi connectivity index (χ3n) is 6.59. The number of hydrogen-bond acceptors (Lipinski definition) is 6. The molecule has 2 aromatic heterocycles. The number of hydrogen-bond donors (Lipinski definition) is 1. The smallest absolute Gasteiger partial charge is 0.272 e. The van der Waals surface area contributed by atoms with Gasteiger partial charge < -0.3 is 9.80 Å². The molecule has 1 fully saturated rings. The molecule has 2 amide bonds. The maximum atomic E-state index is 13.4. The van der Waals surface area contributed by atoms with E-state index < -0.39 is 10.0 Å². The number of carbonyl (C=O) groups excluding carboxylic acids is 2. The van der Waals surface area contributed by atoms with Gasteiger partial charge in [-0.25, -0.2) is 8.42 Å². The Hall–Kier alpha value is -4.31. The Balaban J connectivity index is 1.29. The van der Waals surface area contributed by atoms with E-state index in [9.17, 15) is 18.0 Å². The van der Waals surface area contributed by atoms with Gasteiger partial charge in [-0.05, 0) is 62.4 Å². The molecule has 1 aliphatic rings. The molecule has 1 aliphatic heterocycles. The molecule has 1 saturated heterocycles. The van der Waals surface area contributed by atoms with Crippen LogP contribution in [0.25, 0.3) is 10.9 Å². The highest BCUT2D eigenvalue weighted by Crippen LogP contribution is 2.25. The Morgan fingerprint density at radius 2 is 1.50 bits per heavy atom. The molecular formula is C28H27N5O4S. The van der Waals surface area contributed by atoms with Crippen LogP contribution in [-0.4, -0.2) is 65.2 Å². The van der Waals surface area contributed by atoms with Crippen LogP contribution >= 0.6 is 0 Å². The third-order valence-corrected chi connectivity index (χ3v) is 8.01. The molecule has 2 aromatic carbocycles. The minimum absolute atomic E-state index is 0.0801. The molecule has 0 radical (unpaired) electrons. The highest BCUT2D eigenvalue weighted by molar-refractivity contribution is 7.93. The Kier molecular flexibility index (Phi) is 6.81. The van der Waals surface area contributed by atoms with Crippen molar-refractivity contribution in [3.63, 3.8) is 0 Å². The molecule has 5 rings (SSSR count). The number of anilines is 1. The Labute approximate surface area is 221 Å². The van der Waals surface area contributed by atoms with Gasteiger partial charge in [0.15, 0.2) is 0 Å². The van der Waals surface area contributed by atoms with Crippen LogP contribution in [0.4, 0.5) is 5.69 Å². The van der Waals surface area contributed by atoms with E-state index in [2.05, 4.69) is 14.7 Å². The second-order valence-corrected chi connectivity index (χ2v) is 11.0. The molecule has 9 nitrogen and oxygen atoms in total. The average Bonchev–Trinajstić information content (AvgIpc) is 2.92. The van der Waals surface area contributed by atoms with Crippen molar-refractivity contribution in [1.82, 2.24) is 19.8 Å². The van der Waals surface area contributed by atoms with E-state index in [-0.39, 0.29) is 28.8 Å². The van der Waals surface area contributed by atoms with Crippen LogP contribution in [-0.2, 0) is 10.0 Å². The zero-order valence-corrected chi connectivity index (χ0v) is 21.8. The van der Waals surface area contributed by atoms with Crippen molar-refractivity contribution in [2.24, 2.45) is 0 Å². The first-order chi connectivity index (χ1) is 18.2. The number of benzene rings is 2. The van der Waals surface area contributed by atoms with Crippen LogP contribution < -0.4 is 4.72 Å².